The highest BCUT2D eigenvalue weighted by Crippen LogP contribution is 2.25. The average molecular weight is 354 g/mol. The molecule has 0 bridgehead atoms. The van der Waals surface area contributed by atoms with E-state index in [4.69, 9.17) is 5.73 Å². The molecular weight excluding hydrogens is 331 g/mol. The molecule has 2 aromatic heterocycles. The van der Waals surface area contributed by atoms with Gasteiger partial charge in [-0.15, -0.1) is 37.2 Å². The fourth-order valence-corrected chi connectivity index (χ4v) is 2.41. The molecule has 0 spiro atoms. The zero-order valence-electron chi connectivity index (χ0n) is 11.8. The Balaban J connectivity index is 0.00000133. The molecule has 1 aliphatic carbocycles. The van der Waals surface area contributed by atoms with E-state index in [-0.39, 0.29) is 37.2 Å². The summed E-state index contributed by atoms with van der Waals surface area (Å²) < 4.78 is 2.06. The molecule has 0 aliphatic heterocycles. The van der Waals surface area contributed by atoms with Gasteiger partial charge in [0.2, 0.25) is 0 Å². The maximum atomic E-state index is 5.60. The van der Waals surface area contributed by atoms with Crippen molar-refractivity contribution in [2.75, 3.05) is 6.54 Å². The largest absolute Gasteiger partial charge is 0.325 e. The van der Waals surface area contributed by atoms with Crippen molar-refractivity contribution >= 4 is 42.9 Å². The number of hydrogen-bond acceptors (Lipinski definition) is 3. The van der Waals surface area contributed by atoms with Gasteiger partial charge in [-0.05, 0) is 36.9 Å². The van der Waals surface area contributed by atoms with E-state index >= 15 is 0 Å². The zero-order valence-corrected chi connectivity index (χ0v) is 14.3. The van der Waals surface area contributed by atoms with Crippen molar-refractivity contribution in [2.45, 2.75) is 32.4 Å². The van der Waals surface area contributed by atoms with Crippen LogP contribution >= 0.6 is 37.2 Å². The van der Waals surface area contributed by atoms with Crippen LogP contribution < -0.4 is 11.1 Å². The van der Waals surface area contributed by atoms with E-state index in [1.54, 1.807) is 0 Å². The van der Waals surface area contributed by atoms with E-state index in [1.807, 2.05) is 6.20 Å². The second-order valence-corrected chi connectivity index (χ2v) is 5.17. The van der Waals surface area contributed by atoms with E-state index in [0.717, 1.165) is 30.3 Å². The Bertz CT molecular complexity index is 540. The first-order chi connectivity index (χ1) is 8.85. The van der Waals surface area contributed by atoms with Crippen LogP contribution in [0, 0.1) is 5.92 Å². The summed E-state index contributed by atoms with van der Waals surface area (Å²) in [6.07, 6.45) is 8.34. The Kier molecular flexibility index (Phi) is 9.25. The summed E-state index contributed by atoms with van der Waals surface area (Å²) in [5.74, 6) is 0.908. The first-order valence-corrected chi connectivity index (χ1v) is 6.72. The van der Waals surface area contributed by atoms with Gasteiger partial charge in [-0.1, -0.05) is 12.5 Å². The first kappa shape index (κ1) is 20.5. The predicted octanol–water partition coefficient (Wildman–Crippen LogP) is 2.95. The molecule has 0 atom stereocenters. The summed E-state index contributed by atoms with van der Waals surface area (Å²) in [6, 6.07) is 4.19. The minimum absolute atomic E-state index is 0. The topological polar surface area (TPSA) is 55.4 Å². The Morgan fingerprint density at radius 3 is 2.57 bits per heavy atom. The van der Waals surface area contributed by atoms with Gasteiger partial charge in [0.1, 0.15) is 5.65 Å². The molecule has 4 nitrogen and oxygen atoms in total. The number of halogens is 3. The second kappa shape index (κ2) is 9.49. The van der Waals surface area contributed by atoms with Crippen molar-refractivity contribution in [3.05, 3.63) is 35.8 Å². The van der Waals surface area contributed by atoms with E-state index < -0.39 is 0 Å². The summed E-state index contributed by atoms with van der Waals surface area (Å²) in [6.45, 7) is 2.58. The minimum Gasteiger partial charge on any atom is -0.325 e. The standard InChI is InChI=1S/C14H20N4.3ClH/c15-6-13-10-18-9-12(4-5-14(18)17-13)8-16-7-11-2-1-3-11;;;/h4-5,9-11,16H,1-3,6-8,15H2;3*1H. The second-order valence-electron chi connectivity index (χ2n) is 5.17. The van der Waals surface area contributed by atoms with Crippen LogP contribution in [0.15, 0.2) is 24.5 Å². The number of rotatable bonds is 5. The Morgan fingerprint density at radius 1 is 1.19 bits per heavy atom. The molecule has 2 aromatic rings. The number of pyridine rings is 1. The Hall–Kier alpha value is -0.520. The third-order valence-electron chi connectivity index (χ3n) is 3.76. The molecule has 3 rings (SSSR count). The number of fused-ring (bicyclic) bond motifs is 1. The summed E-state index contributed by atoms with van der Waals surface area (Å²) in [5.41, 5.74) is 8.80. The summed E-state index contributed by atoms with van der Waals surface area (Å²) >= 11 is 0. The van der Waals surface area contributed by atoms with Gasteiger partial charge in [-0.25, -0.2) is 4.98 Å². The van der Waals surface area contributed by atoms with Crippen molar-refractivity contribution in [1.82, 2.24) is 14.7 Å². The lowest BCUT2D eigenvalue weighted by Gasteiger charge is -2.25. The van der Waals surface area contributed by atoms with E-state index in [9.17, 15) is 0 Å². The fourth-order valence-electron chi connectivity index (χ4n) is 2.41. The lowest BCUT2D eigenvalue weighted by molar-refractivity contribution is 0.301. The summed E-state index contributed by atoms with van der Waals surface area (Å²) in [7, 11) is 0. The van der Waals surface area contributed by atoms with Gasteiger partial charge in [-0.2, -0.15) is 0 Å². The highest BCUT2D eigenvalue weighted by Gasteiger charge is 2.16. The van der Waals surface area contributed by atoms with Crippen LogP contribution in [0.1, 0.15) is 30.5 Å². The lowest BCUT2D eigenvalue weighted by Crippen LogP contribution is -2.26. The van der Waals surface area contributed by atoms with Crippen molar-refractivity contribution in [2.24, 2.45) is 11.7 Å². The van der Waals surface area contributed by atoms with E-state index in [2.05, 4.69) is 33.0 Å². The number of imidazole rings is 1. The number of nitrogens with one attached hydrogen (secondary N) is 1. The zero-order chi connectivity index (χ0) is 12.4. The maximum Gasteiger partial charge on any atom is 0.137 e. The van der Waals surface area contributed by atoms with Crippen LogP contribution in [0.3, 0.4) is 0 Å². The molecule has 0 aromatic carbocycles. The van der Waals surface area contributed by atoms with Crippen LogP contribution in [-0.4, -0.2) is 15.9 Å². The normalized spacial score (nSPS) is 13.8. The predicted molar refractivity (Wildman–Crippen MR) is 93.9 cm³/mol. The van der Waals surface area contributed by atoms with Gasteiger partial charge in [0.25, 0.3) is 0 Å². The van der Waals surface area contributed by atoms with Crippen LogP contribution in [0.2, 0.25) is 0 Å². The Morgan fingerprint density at radius 2 is 1.95 bits per heavy atom. The highest BCUT2D eigenvalue weighted by atomic mass is 35.5. The molecule has 0 unspecified atom stereocenters. The minimum atomic E-state index is 0. The van der Waals surface area contributed by atoms with Gasteiger partial charge in [-0.3, -0.25) is 0 Å². The molecule has 3 N–H and O–H groups in total. The SMILES string of the molecule is Cl.Cl.Cl.NCc1cn2cc(CNCC3CCC3)ccc2n1. The average Bonchev–Trinajstić information content (AvgIpc) is 2.74. The van der Waals surface area contributed by atoms with Gasteiger partial charge < -0.3 is 15.5 Å². The number of nitrogens with zero attached hydrogens (tertiary/aromatic N) is 2. The van der Waals surface area contributed by atoms with Crippen molar-refractivity contribution < 1.29 is 0 Å². The van der Waals surface area contributed by atoms with Crippen molar-refractivity contribution in [3.63, 3.8) is 0 Å². The molecule has 1 fully saturated rings. The van der Waals surface area contributed by atoms with Crippen LogP contribution in [-0.2, 0) is 13.1 Å². The van der Waals surface area contributed by atoms with Crippen LogP contribution in [0.4, 0.5) is 0 Å². The Labute approximate surface area is 144 Å². The number of aromatic nitrogens is 2. The molecule has 2 heterocycles. The molecule has 120 valence electrons. The lowest BCUT2D eigenvalue weighted by atomic mass is 9.85. The van der Waals surface area contributed by atoms with Crippen LogP contribution in [0.5, 0.6) is 0 Å². The number of nitrogens with two attached hydrogens (primary N) is 1. The summed E-state index contributed by atoms with van der Waals surface area (Å²) in [4.78, 5) is 4.42. The molecule has 1 aliphatic rings. The molecule has 7 heteroatoms. The monoisotopic (exact) mass is 352 g/mol. The third kappa shape index (κ3) is 5.01. The fraction of sp³-hybridized carbons (Fsp3) is 0.500. The van der Waals surface area contributed by atoms with Gasteiger partial charge in [0.05, 0.1) is 5.69 Å². The summed E-state index contributed by atoms with van der Waals surface area (Å²) in [5, 5.41) is 3.53. The van der Waals surface area contributed by atoms with E-state index in [1.165, 1.54) is 24.8 Å². The van der Waals surface area contributed by atoms with Gasteiger partial charge in [0, 0.05) is 25.5 Å². The van der Waals surface area contributed by atoms with Crippen LogP contribution in [0.25, 0.3) is 5.65 Å². The third-order valence-corrected chi connectivity index (χ3v) is 3.76. The number of hydrogen-bond donors (Lipinski definition) is 2. The van der Waals surface area contributed by atoms with E-state index in [0.29, 0.717) is 6.54 Å². The van der Waals surface area contributed by atoms with Gasteiger partial charge >= 0.3 is 0 Å². The maximum absolute atomic E-state index is 5.60. The highest BCUT2D eigenvalue weighted by molar-refractivity contribution is 5.86. The molecular formula is C14H23Cl3N4. The molecule has 0 saturated heterocycles. The first-order valence-electron chi connectivity index (χ1n) is 6.72. The van der Waals surface area contributed by atoms with Crippen molar-refractivity contribution in [3.8, 4) is 0 Å². The molecule has 21 heavy (non-hydrogen) atoms. The molecule has 0 radical (unpaired) electrons. The van der Waals surface area contributed by atoms with Crippen molar-refractivity contribution in [1.29, 1.82) is 0 Å². The molecule has 0 amide bonds. The smallest absolute Gasteiger partial charge is 0.137 e. The molecule has 1 saturated carbocycles. The quantitative estimate of drug-likeness (QED) is 0.869. The van der Waals surface area contributed by atoms with Gasteiger partial charge in [0.15, 0.2) is 0 Å².